The van der Waals surface area contributed by atoms with Gasteiger partial charge in [0, 0.05) is 0 Å². The quantitative estimate of drug-likeness (QED) is 0.355. The zero-order valence-electron chi connectivity index (χ0n) is 5.61. The van der Waals surface area contributed by atoms with E-state index in [1.807, 2.05) is 0 Å². The van der Waals surface area contributed by atoms with E-state index in [1.165, 1.54) is 0 Å². The van der Waals surface area contributed by atoms with Gasteiger partial charge in [-0.1, -0.05) is 0 Å². The Morgan fingerprint density at radius 3 is 1.20 bits per heavy atom. The summed E-state index contributed by atoms with van der Waals surface area (Å²) >= 11 is -4.25. The maximum Gasteiger partial charge on any atom is 1.00 e. The van der Waals surface area contributed by atoms with Gasteiger partial charge in [0.2, 0.25) is 0 Å². The van der Waals surface area contributed by atoms with Gasteiger partial charge < -0.3 is 1.43 Å². The number of hydrogen-bond acceptors (Lipinski definition) is 2. The van der Waals surface area contributed by atoms with Gasteiger partial charge in [-0.15, -0.1) is 0 Å². The molecule has 0 aromatic carbocycles. The zero-order valence-corrected chi connectivity index (χ0v) is 6.53. The summed E-state index contributed by atoms with van der Waals surface area (Å²) < 4.78 is 60.8. The first-order valence-electron chi connectivity index (χ1n) is 1.10. The van der Waals surface area contributed by atoms with Crippen molar-refractivity contribution in [1.82, 2.24) is 0 Å². The molecule has 2 N–H and O–H groups in total. The van der Waals surface area contributed by atoms with E-state index in [2.05, 4.69) is 0 Å². The predicted molar refractivity (Wildman–Crippen MR) is 18.6 cm³/mol. The Kier molecular flexibility index (Phi) is 13.4. The summed E-state index contributed by atoms with van der Waals surface area (Å²) in [6.07, 6.45) is 0. The molecule has 10 heteroatoms. The van der Waals surface area contributed by atoms with Crippen molar-refractivity contribution in [3.63, 3.8) is 0 Å². The minimum absolute atomic E-state index is 0. The maximum absolute atomic E-state index is 9.75. The molecule has 4 nitrogen and oxygen atoms in total. The summed E-state index contributed by atoms with van der Waals surface area (Å²) in [4.78, 5) is 0. The molecule has 0 radical (unpaired) electrons. The molecule has 0 fully saturated rings. The van der Waals surface area contributed by atoms with Crippen LogP contribution >= 0.6 is 0 Å². The summed E-state index contributed by atoms with van der Waals surface area (Å²) in [6, 6.07) is 0. The third kappa shape index (κ3) is 880. The Balaban J connectivity index is -0.0000000383. The molecule has 0 aliphatic rings. The van der Waals surface area contributed by atoms with Crippen LogP contribution in [0.25, 0.3) is 0 Å². The van der Waals surface area contributed by atoms with Crippen LogP contribution in [0.3, 0.4) is 0 Å². The molecule has 0 heterocycles. The molecule has 0 aliphatic carbocycles. The van der Waals surface area contributed by atoms with Crippen molar-refractivity contribution in [2.24, 2.45) is 0 Å². The van der Waals surface area contributed by atoms with Crippen molar-refractivity contribution in [1.29, 1.82) is 0 Å². The molecule has 0 aromatic rings. The Morgan fingerprint density at radius 1 is 1.20 bits per heavy atom. The van der Waals surface area contributed by atoms with Crippen LogP contribution in [0.1, 0.15) is 1.43 Å². The molecule has 0 aromatic heterocycles. The summed E-state index contributed by atoms with van der Waals surface area (Å²) in [5.41, 5.74) is 0. The van der Waals surface area contributed by atoms with Crippen molar-refractivity contribution < 1.29 is 63.7 Å². The normalized spacial score (nSPS) is 10.3. The minimum atomic E-state index is -4.67. The van der Waals surface area contributed by atoms with Crippen LogP contribution in [-0.4, -0.2) is 17.5 Å². The van der Waals surface area contributed by atoms with E-state index in [0.717, 1.165) is 0 Å². The van der Waals surface area contributed by atoms with Gasteiger partial charge in [-0.2, -0.15) is 8.42 Å². The van der Waals surface area contributed by atoms with E-state index in [9.17, 15) is 10.7 Å². The van der Waals surface area contributed by atoms with Gasteiger partial charge in [0.25, 0.3) is 0 Å². The minimum Gasteiger partial charge on any atom is -1.00 e. The summed E-state index contributed by atoms with van der Waals surface area (Å²) in [5.74, 6) is 0. The molecule has 63 valence electrons. The monoisotopic (exact) mass is 219 g/mol. The van der Waals surface area contributed by atoms with Crippen LogP contribution in [0, 0.1) is 0 Å². The van der Waals surface area contributed by atoms with E-state index >= 15 is 0 Å². The molecule has 0 bridgehead atoms. The van der Waals surface area contributed by atoms with Crippen LogP contribution < -0.4 is 18.9 Å². The first-order chi connectivity index (χ1) is 3.73. The Labute approximate surface area is 74.3 Å². The molecule has 0 aliphatic heterocycles. The molecule has 0 unspecified atom stereocenters. The van der Waals surface area contributed by atoms with E-state index in [0.29, 0.717) is 0 Å². The van der Waals surface area contributed by atoms with Crippen LogP contribution in [0.15, 0.2) is 0 Å². The van der Waals surface area contributed by atoms with E-state index in [1.54, 1.807) is 0 Å². The average molecular weight is 219 g/mol. The average Bonchev–Trinajstić information content (AvgIpc) is 1.19. The molecule has 0 amide bonds. The summed E-state index contributed by atoms with van der Waals surface area (Å²) in [7, 11) is -4.67. The van der Waals surface area contributed by atoms with Crippen LogP contribution in [0.4, 0.5) is 10.7 Å². The Bertz CT molecular complexity index is 137. The van der Waals surface area contributed by atoms with E-state index < -0.39 is 25.7 Å². The molecular formula is H3F3FeLiO4S. The number of rotatable bonds is 0. The maximum atomic E-state index is 9.75. The summed E-state index contributed by atoms with van der Waals surface area (Å²) in [5, 5.41) is 0. The van der Waals surface area contributed by atoms with Gasteiger partial charge in [0.15, 0.2) is 0 Å². The third-order valence-electron chi connectivity index (χ3n) is 0. The Hall–Kier alpha value is 0.777. The summed E-state index contributed by atoms with van der Waals surface area (Å²) in [6.45, 7) is 0. The largest absolute Gasteiger partial charge is 1.00 e. The molecule has 0 saturated heterocycles. The fraction of sp³-hybridized carbons (Fsp3) is 0. The van der Waals surface area contributed by atoms with Crippen molar-refractivity contribution in [2.45, 2.75) is 0 Å². The van der Waals surface area contributed by atoms with Crippen LogP contribution in [0.2, 0.25) is 0 Å². The predicted octanol–water partition coefficient (Wildman–Crippen LogP) is -2.28. The topological polar surface area (TPSA) is 74.6 Å². The molecule has 0 rings (SSSR count). The van der Waals surface area contributed by atoms with Crippen molar-refractivity contribution >= 4 is 10.4 Å². The fourth-order valence-corrected chi connectivity index (χ4v) is 0. The SMILES string of the molecule is O=S(=O)(O)O.[F][Fe]([F])[F].[H-].[Li+]. The van der Waals surface area contributed by atoms with Gasteiger partial charge in [0.1, 0.15) is 0 Å². The van der Waals surface area contributed by atoms with Crippen molar-refractivity contribution in [3.8, 4) is 0 Å². The second-order valence-electron chi connectivity index (χ2n) is 0.599. The molecule has 10 heavy (non-hydrogen) atoms. The van der Waals surface area contributed by atoms with Gasteiger partial charge >= 0.3 is 55.2 Å². The number of halogens is 3. The smallest absolute Gasteiger partial charge is 1.00 e. The van der Waals surface area contributed by atoms with Gasteiger partial charge in [-0.25, -0.2) is 0 Å². The first kappa shape index (κ1) is 17.0. The standard InChI is InChI=1S/3FH.Fe.Li.H2O4S.H/c;;;;;1-5(2,3)4;/h3*1H;;;(H2,1,2,3,4);/q;;;+3;+1;;-1/p-3. The zero-order chi connectivity index (χ0) is 8.08. The van der Waals surface area contributed by atoms with E-state index in [-0.39, 0.29) is 20.3 Å². The second kappa shape index (κ2) is 7.88. The Morgan fingerprint density at radius 2 is 1.20 bits per heavy atom. The molecular weight excluding hydrogens is 216 g/mol. The van der Waals surface area contributed by atoms with Crippen molar-refractivity contribution in [3.05, 3.63) is 0 Å². The first-order valence-corrected chi connectivity index (χ1v) is 3.75. The van der Waals surface area contributed by atoms with Crippen LogP contribution in [0.5, 0.6) is 0 Å². The molecule has 0 atom stereocenters. The number of hydrogen-bond donors (Lipinski definition) is 2. The molecule has 0 spiro atoms. The van der Waals surface area contributed by atoms with Crippen LogP contribution in [-0.2, 0) is 25.7 Å². The van der Waals surface area contributed by atoms with E-state index in [4.69, 9.17) is 17.5 Å². The van der Waals surface area contributed by atoms with Gasteiger partial charge in [0.05, 0.1) is 0 Å². The third-order valence-corrected chi connectivity index (χ3v) is 0. The second-order valence-corrected chi connectivity index (χ2v) is 1.97. The fourth-order valence-electron chi connectivity index (χ4n) is 0. The van der Waals surface area contributed by atoms with Gasteiger partial charge in [-0.3, -0.25) is 9.11 Å². The van der Waals surface area contributed by atoms with Gasteiger partial charge in [-0.05, 0) is 0 Å². The van der Waals surface area contributed by atoms with Crippen molar-refractivity contribution in [2.75, 3.05) is 0 Å². The molecule has 0 saturated carbocycles.